The minimum Gasteiger partial charge on any atom is -0.462 e. The number of hydrogen-bond donors (Lipinski definition) is 0. The average Bonchev–Trinajstić information content (AvgIpc) is 2.86. The molecule has 0 aliphatic carbocycles. The predicted molar refractivity (Wildman–Crippen MR) is 63.8 cm³/mol. The standard InChI is InChI=1S/C11H6BrF3N2O3/c1-19-10(18)9-17-16-8(20-9)6-4-5(11(13,14)15)2-3-7(6)12/h2-4H,1H3. The highest BCUT2D eigenvalue weighted by atomic mass is 79.9. The fourth-order valence-corrected chi connectivity index (χ4v) is 1.78. The highest BCUT2D eigenvalue weighted by molar-refractivity contribution is 9.10. The summed E-state index contributed by atoms with van der Waals surface area (Å²) >= 11 is 3.09. The molecule has 0 amide bonds. The van der Waals surface area contributed by atoms with Gasteiger partial charge >= 0.3 is 18.0 Å². The molecule has 2 rings (SSSR count). The molecule has 1 aromatic heterocycles. The lowest BCUT2D eigenvalue weighted by atomic mass is 10.1. The first-order valence-corrected chi connectivity index (χ1v) is 5.91. The molecule has 0 unspecified atom stereocenters. The van der Waals surface area contributed by atoms with Crippen LogP contribution in [0.3, 0.4) is 0 Å². The van der Waals surface area contributed by atoms with Crippen molar-refractivity contribution in [2.45, 2.75) is 6.18 Å². The zero-order chi connectivity index (χ0) is 14.9. The maximum Gasteiger partial charge on any atom is 0.416 e. The SMILES string of the molecule is COC(=O)c1nnc(-c2cc(C(F)(F)F)ccc2Br)o1. The van der Waals surface area contributed by atoms with Crippen LogP contribution in [-0.4, -0.2) is 23.3 Å². The Labute approximate surface area is 118 Å². The van der Waals surface area contributed by atoms with Crippen LogP contribution >= 0.6 is 15.9 Å². The van der Waals surface area contributed by atoms with E-state index >= 15 is 0 Å². The normalized spacial score (nSPS) is 11.4. The van der Waals surface area contributed by atoms with Gasteiger partial charge in [0.1, 0.15) is 0 Å². The number of carbonyl (C=O) groups excluding carboxylic acids is 1. The number of carbonyl (C=O) groups is 1. The van der Waals surface area contributed by atoms with Crippen LogP contribution in [0.1, 0.15) is 16.2 Å². The van der Waals surface area contributed by atoms with Crippen molar-refractivity contribution < 1.29 is 27.1 Å². The molecule has 0 N–H and O–H groups in total. The molecule has 0 aliphatic rings. The third kappa shape index (κ3) is 2.82. The third-order valence-electron chi connectivity index (χ3n) is 2.31. The number of nitrogens with zero attached hydrogens (tertiary/aromatic N) is 2. The lowest BCUT2D eigenvalue weighted by molar-refractivity contribution is -0.137. The predicted octanol–water partition coefficient (Wildman–Crippen LogP) is 3.30. The number of halogens is 4. The summed E-state index contributed by atoms with van der Waals surface area (Å²) in [6.07, 6.45) is -4.50. The molecular formula is C11H6BrF3N2O3. The number of esters is 1. The summed E-state index contributed by atoms with van der Waals surface area (Å²) in [5.41, 5.74) is -0.837. The number of hydrogen-bond acceptors (Lipinski definition) is 5. The molecule has 0 radical (unpaired) electrons. The molecule has 0 saturated heterocycles. The van der Waals surface area contributed by atoms with Crippen molar-refractivity contribution in [3.8, 4) is 11.5 Å². The molecule has 0 spiro atoms. The third-order valence-corrected chi connectivity index (χ3v) is 3.00. The average molecular weight is 351 g/mol. The smallest absolute Gasteiger partial charge is 0.416 e. The highest BCUT2D eigenvalue weighted by Crippen LogP contribution is 2.35. The molecular weight excluding hydrogens is 345 g/mol. The second-order valence-electron chi connectivity index (χ2n) is 3.60. The number of alkyl halides is 3. The Morgan fingerprint density at radius 2 is 2.05 bits per heavy atom. The molecule has 0 saturated carbocycles. The topological polar surface area (TPSA) is 65.2 Å². The van der Waals surface area contributed by atoms with Crippen LogP contribution in [0.2, 0.25) is 0 Å². The zero-order valence-corrected chi connectivity index (χ0v) is 11.4. The molecule has 20 heavy (non-hydrogen) atoms. The maximum atomic E-state index is 12.6. The lowest BCUT2D eigenvalue weighted by Gasteiger charge is -2.08. The Bertz CT molecular complexity index is 655. The Morgan fingerprint density at radius 1 is 1.35 bits per heavy atom. The lowest BCUT2D eigenvalue weighted by Crippen LogP contribution is -2.04. The van der Waals surface area contributed by atoms with Crippen molar-refractivity contribution in [2.24, 2.45) is 0 Å². The van der Waals surface area contributed by atoms with Crippen LogP contribution in [0.4, 0.5) is 13.2 Å². The summed E-state index contributed by atoms with van der Waals surface area (Å²) in [7, 11) is 1.12. The second-order valence-corrected chi connectivity index (χ2v) is 4.45. The van der Waals surface area contributed by atoms with E-state index in [4.69, 9.17) is 4.42 Å². The van der Waals surface area contributed by atoms with Gasteiger partial charge in [0.25, 0.3) is 0 Å². The van der Waals surface area contributed by atoms with Crippen molar-refractivity contribution >= 4 is 21.9 Å². The highest BCUT2D eigenvalue weighted by Gasteiger charge is 2.31. The van der Waals surface area contributed by atoms with Gasteiger partial charge in [0.05, 0.1) is 18.2 Å². The van der Waals surface area contributed by atoms with E-state index in [2.05, 4.69) is 30.9 Å². The Balaban J connectivity index is 2.47. The fraction of sp³-hybridized carbons (Fsp3) is 0.182. The van der Waals surface area contributed by atoms with Crippen LogP contribution < -0.4 is 0 Å². The van der Waals surface area contributed by atoms with Crippen molar-refractivity contribution in [2.75, 3.05) is 7.11 Å². The largest absolute Gasteiger partial charge is 0.462 e. The Hall–Kier alpha value is -1.90. The summed E-state index contributed by atoms with van der Waals surface area (Å²) in [5.74, 6) is -1.53. The molecule has 106 valence electrons. The first-order chi connectivity index (χ1) is 9.32. The van der Waals surface area contributed by atoms with Gasteiger partial charge in [-0.1, -0.05) is 0 Å². The van der Waals surface area contributed by atoms with Crippen molar-refractivity contribution in [1.29, 1.82) is 0 Å². The van der Waals surface area contributed by atoms with Gasteiger partial charge in [0, 0.05) is 4.47 Å². The van der Waals surface area contributed by atoms with E-state index in [1.54, 1.807) is 0 Å². The minimum atomic E-state index is -4.50. The van der Waals surface area contributed by atoms with E-state index in [0.29, 0.717) is 4.47 Å². The van der Waals surface area contributed by atoms with Crippen LogP contribution in [0, 0.1) is 0 Å². The maximum absolute atomic E-state index is 12.6. The molecule has 0 bridgehead atoms. The van der Waals surface area contributed by atoms with Crippen LogP contribution in [0.5, 0.6) is 0 Å². The van der Waals surface area contributed by atoms with Gasteiger partial charge < -0.3 is 9.15 Å². The van der Waals surface area contributed by atoms with Gasteiger partial charge in [-0.15, -0.1) is 10.2 Å². The van der Waals surface area contributed by atoms with Gasteiger partial charge in [-0.2, -0.15) is 13.2 Å². The van der Waals surface area contributed by atoms with Crippen LogP contribution in [-0.2, 0) is 10.9 Å². The summed E-state index contributed by atoms with van der Waals surface area (Å²) in [6, 6.07) is 2.96. The molecule has 1 heterocycles. The zero-order valence-electron chi connectivity index (χ0n) is 9.86. The number of methoxy groups -OCH3 is 1. The molecule has 0 aliphatic heterocycles. The van der Waals surface area contributed by atoms with E-state index in [-0.39, 0.29) is 11.5 Å². The Kier molecular flexibility index (Phi) is 3.80. The molecule has 2 aromatic rings. The van der Waals surface area contributed by atoms with Gasteiger partial charge in [-0.25, -0.2) is 4.79 Å². The first kappa shape index (κ1) is 14.5. The van der Waals surface area contributed by atoms with Gasteiger partial charge in [-0.3, -0.25) is 0 Å². The molecule has 0 atom stereocenters. The van der Waals surface area contributed by atoms with Gasteiger partial charge in [0.15, 0.2) is 0 Å². The summed E-state index contributed by atoms with van der Waals surface area (Å²) in [6.45, 7) is 0. The van der Waals surface area contributed by atoms with E-state index < -0.39 is 23.6 Å². The molecule has 5 nitrogen and oxygen atoms in total. The van der Waals surface area contributed by atoms with Gasteiger partial charge in [0.2, 0.25) is 5.89 Å². The van der Waals surface area contributed by atoms with E-state index in [9.17, 15) is 18.0 Å². The fourth-order valence-electron chi connectivity index (χ4n) is 1.37. The van der Waals surface area contributed by atoms with Crippen LogP contribution in [0.15, 0.2) is 27.1 Å². The molecule has 9 heteroatoms. The van der Waals surface area contributed by atoms with E-state index in [0.717, 1.165) is 19.2 Å². The number of aromatic nitrogens is 2. The van der Waals surface area contributed by atoms with Crippen molar-refractivity contribution in [1.82, 2.24) is 10.2 Å². The second kappa shape index (κ2) is 5.23. The minimum absolute atomic E-state index is 0.0301. The van der Waals surface area contributed by atoms with Crippen molar-refractivity contribution in [3.05, 3.63) is 34.1 Å². The number of rotatable bonds is 2. The Morgan fingerprint density at radius 3 is 2.65 bits per heavy atom. The van der Waals surface area contributed by atoms with Crippen LogP contribution in [0.25, 0.3) is 11.5 Å². The molecule has 1 aromatic carbocycles. The summed E-state index contributed by atoms with van der Waals surface area (Å²) in [4.78, 5) is 11.2. The van der Waals surface area contributed by atoms with Gasteiger partial charge in [-0.05, 0) is 34.1 Å². The van der Waals surface area contributed by atoms with Crippen molar-refractivity contribution in [3.63, 3.8) is 0 Å². The summed E-state index contributed by atoms with van der Waals surface area (Å²) in [5, 5.41) is 6.93. The van der Waals surface area contributed by atoms with E-state index in [1.807, 2.05) is 0 Å². The number of ether oxygens (including phenoxy) is 1. The monoisotopic (exact) mass is 350 g/mol. The number of benzene rings is 1. The summed E-state index contributed by atoms with van der Waals surface area (Å²) < 4.78 is 47.6. The first-order valence-electron chi connectivity index (χ1n) is 5.12. The molecule has 0 fully saturated rings. The van der Waals surface area contributed by atoms with E-state index in [1.165, 1.54) is 6.07 Å². The quantitative estimate of drug-likeness (QED) is 0.777.